The van der Waals surface area contributed by atoms with Gasteiger partial charge < -0.3 is 30.6 Å². The molecule has 0 rings (SSSR count). The molecule has 7 N–H and O–H groups in total. The summed E-state index contributed by atoms with van der Waals surface area (Å²) in [5.74, 6) is -0.0443. The maximum Gasteiger partial charge on any atom is 0.164 e. The average Bonchev–Trinajstić information content (AvgIpc) is 2.38. The largest absolute Gasteiger partial charge is 0.396 e. The molecule has 0 amide bonds. The third kappa shape index (κ3) is 15.7. The lowest BCUT2D eigenvalue weighted by atomic mass is 10.1. The van der Waals surface area contributed by atoms with Crippen LogP contribution in [0, 0.1) is 5.92 Å². The van der Waals surface area contributed by atoms with Gasteiger partial charge >= 0.3 is 0 Å². The number of hydrogen-bond acceptors (Lipinski definition) is 7. The van der Waals surface area contributed by atoms with E-state index in [1.165, 1.54) is 0 Å². The molecular weight excluding hydrogens is 242 g/mol. The van der Waals surface area contributed by atoms with E-state index in [1.807, 2.05) is 0 Å². The molecule has 112 valence electrons. The van der Waals surface area contributed by atoms with Gasteiger partial charge in [-0.15, -0.1) is 0 Å². The van der Waals surface area contributed by atoms with Gasteiger partial charge in [0.25, 0.3) is 0 Å². The summed E-state index contributed by atoms with van der Waals surface area (Å²) in [6, 6.07) is 0. The third-order valence-corrected chi connectivity index (χ3v) is 2.21. The van der Waals surface area contributed by atoms with Crippen LogP contribution in [-0.4, -0.2) is 69.5 Å². The Morgan fingerprint density at radius 3 is 1.89 bits per heavy atom. The van der Waals surface area contributed by atoms with Crippen LogP contribution in [0.1, 0.15) is 26.2 Å². The van der Waals surface area contributed by atoms with E-state index in [0.717, 1.165) is 0 Å². The summed E-state index contributed by atoms with van der Waals surface area (Å²) < 4.78 is 0. The molecule has 1 atom stereocenters. The Morgan fingerprint density at radius 1 is 1.00 bits per heavy atom. The summed E-state index contributed by atoms with van der Waals surface area (Å²) in [6.45, 7) is 1.96. The first-order valence-corrected chi connectivity index (χ1v) is 6.11. The number of hydrogen-bond donors (Lipinski definition) is 7. The molecule has 0 aliphatic rings. The highest BCUT2D eigenvalue weighted by molar-refractivity contribution is 4.54. The minimum absolute atomic E-state index is 0.00894. The average molecular weight is 269 g/mol. The van der Waals surface area contributed by atoms with Gasteiger partial charge in [-0.3, -0.25) is 5.32 Å². The zero-order valence-electron chi connectivity index (χ0n) is 10.9. The standard InChI is InChI=1S/C6H14O3.C5H13NO3/c7-3-1-2-6(4-8)5-9;1-2-4(7)6-3-5(8)9/h6-9H,1-5H2;4-9H,2-3H2,1H3. The Balaban J connectivity index is 0. The van der Waals surface area contributed by atoms with Crippen LogP contribution < -0.4 is 5.32 Å². The molecule has 0 saturated heterocycles. The van der Waals surface area contributed by atoms with Gasteiger partial charge in [-0.25, -0.2) is 0 Å². The fourth-order valence-corrected chi connectivity index (χ4v) is 1.01. The van der Waals surface area contributed by atoms with E-state index in [4.69, 9.17) is 30.6 Å². The maximum atomic E-state index is 8.77. The van der Waals surface area contributed by atoms with Crippen molar-refractivity contribution in [2.45, 2.75) is 38.7 Å². The summed E-state index contributed by atoms with van der Waals surface area (Å²) in [7, 11) is 0. The lowest BCUT2D eigenvalue weighted by Crippen LogP contribution is -2.34. The number of aliphatic hydroxyl groups excluding tert-OH is 5. The van der Waals surface area contributed by atoms with Crippen molar-refractivity contribution in [1.82, 2.24) is 5.32 Å². The predicted octanol–water partition coefficient (Wildman–Crippen LogP) is -2.03. The molecule has 0 aromatic rings. The molecule has 0 aliphatic heterocycles. The van der Waals surface area contributed by atoms with Crippen LogP contribution in [0.3, 0.4) is 0 Å². The van der Waals surface area contributed by atoms with Crippen molar-refractivity contribution in [3.8, 4) is 0 Å². The van der Waals surface area contributed by atoms with Gasteiger partial charge in [0.1, 0.15) is 6.23 Å². The van der Waals surface area contributed by atoms with Gasteiger partial charge in [0.05, 0.1) is 0 Å². The predicted molar refractivity (Wildman–Crippen MR) is 66.5 cm³/mol. The van der Waals surface area contributed by atoms with Crippen LogP contribution in [0.4, 0.5) is 0 Å². The number of rotatable bonds is 9. The van der Waals surface area contributed by atoms with Crippen molar-refractivity contribution in [1.29, 1.82) is 0 Å². The summed E-state index contributed by atoms with van der Waals surface area (Å²) >= 11 is 0. The van der Waals surface area contributed by atoms with E-state index in [0.29, 0.717) is 19.3 Å². The zero-order valence-corrected chi connectivity index (χ0v) is 10.9. The Morgan fingerprint density at radius 2 is 1.56 bits per heavy atom. The zero-order chi connectivity index (χ0) is 14.4. The second-order valence-electron chi connectivity index (χ2n) is 3.91. The molecule has 1 unspecified atom stereocenters. The van der Waals surface area contributed by atoms with Gasteiger partial charge in [0.15, 0.2) is 6.29 Å². The maximum absolute atomic E-state index is 8.77. The van der Waals surface area contributed by atoms with E-state index in [9.17, 15) is 0 Å². The fourth-order valence-electron chi connectivity index (χ4n) is 1.01. The lowest BCUT2D eigenvalue weighted by Gasteiger charge is -2.10. The van der Waals surface area contributed by atoms with Crippen LogP contribution in [0.5, 0.6) is 0 Å². The smallest absolute Gasteiger partial charge is 0.164 e. The molecule has 0 bridgehead atoms. The van der Waals surface area contributed by atoms with Crippen molar-refractivity contribution in [2.24, 2.45) is 5.92 Å². The lowest BCUT2D eigenvalue weighted by molar-refractivity contribution is -0.0467. The Labute approximate surface area is 108 Å². The van der Waals surface area contributed by atoms with Crippen molar-refractivity contribution in [3.05, 3.63) is 0 Å². The Kier molecular flexibility index (Phi) is 16.5. The molecule has 0 saturated carbocycles. The summed E-state index contributed by atoms with van der Waals surface area (Å²) in [6.07, 6.45) is -0.0971. The van der Waals surface area contributed by atoms with Crippen LogP contribution in [-0.2, 0) is 0 Å². The van der Waals surface area contributed by atoms with E-state index >= 15 is 0 Å². The quantitative estimate of drug-likeness (QED) is 0.240. The normalized spacial score (nSPS) is 12.5. The Hall–Kier alpha value is -0.280. The van der Waals surface area contributed by atoms with Gasteiger partial charge in [0.2, 0.25) is 0 Å². The number of aliphatic hydroxyl groups is 6. The first-order valence-electron chi connectivity index (χ1n) is 6.11. The van der Waals surface area contributed by atoms with Crippen molar-refractivity contribution < 1.29 is 30.6 Å². The fraction of sp³-hybridized carbons (Fsp3) is 1.00. The van der Waals surface area contributed by atoms with E-state index in [2.05, 4.69) is 5.32 Å². The minimum atomic E-state index is -1.38. The first-order chi connectivity index (χ1) is 8.51. The van der Waals surface area contributed by atoms with Crippen LogP contribution in [0.2, 0.25) is 0 Å². The third-order valence-electron chi connectivity index (χ3n) is 2.21. The monoisotopic (exact) mass is 269 g/mol. The minimum Gasteiger partial charge on any atom is -0.396 e. The van der Waals surface area contributed by atoms with Gasteiger partial charge in [0, 0.05) is 32.3 Å². The molecule has 7 nitrogen and oxygen atoms in total. The molecule has 0 fully saturated rings. The molecule has 7 heteroatoms. The molecule has 0 heterocycles. The number of nitrogens with one attached hydrogen (secondary N) is 1. The SMILES string of the molecule is CCC(O)NCC(O)O.OCCCC(CO)CO. The van der Waals surface area contributed by atoms with Crippen LogP contribution >= 0.6 is 0 Å². The van der Waals surface area contributed by atoms with Crippen molar-refractivity contribution >= 4 is 0 Å². The molecule has 0 aliphatic carbocycles. The molecule has 18 heavy (non-hydrogen) atoms. The second kappa shape index (κ2) is 14.8. The Bertz CT molecular complexity index is 154. The van der Waals surface area contributed by atoms with Crippen LogP contribution in [0.15, 0.2) is 0 Å². The molecule has 0 aromatic carbocycles. The van der Waals surface area contributed by atoms with Crippen LogP contribution in [0.25, 0.3) is 0 Å². The summed E-state index contributed by atoms with van der Waals surface area (Å²) in [5.41, 5.74) is 0. The first kappa shape index (κ1) is 20.0. The van der Waals surface area contributed by atoms with Gasteiger partial charge in [-0.2, -0.15) is 0 Å². The van der Waals surface area contributed by atoms with E-state index < -0.39 is 12.5 Å². The molecule has 0 radical (unpaired) electrons. The van der Waals surface area contributed by atoms with Crippen molar-refractivity contribution in [3.63, 3.8) is 0 Å². The highest BCUT2D eigenvalue weighted by atomic mass is 16.5. The highest BCUT2D eigenvalue weighted by Gasteiger charge is 2.03. The van der Waals surface area contributed by atoms with Crippen molar-refractivity contribution in [2.75, 3.05) is 26.4 Å². The molecular formula is C11H27NO6. The van der Waals surface area contributed by atoms with E-state index in [-0.39, 0.29) is 32.3 Å². The topological polar surface area (TPSA) is 133 Å². The summed E-state index contributed by atoms with van der Waals surface area (Å²) in [5, 5.41) is 53.2. The van der Waals surface area contributed by atoms with Gasteiger partial charge in [-0.1, -0.05) is 6.92 Å². The van der Waals surface area contributed by atoms with E-state index in [1.54, 1.807) is 6.92 Å². The highest BCUT2D eigenvalue weighted by Crippen LogP contribution is 2.02. The summed E-state index contributed by atoms with van der Waals surface area (Å²) in [4.78, 5) is 0. The van der Waals surface area contributed by atoms with Gasteiger partial charge in [-0.05, 0) is 19.3 Å². The second-order valence-corrected chi connectivity index (χ2v) is 3.91. The molecule has 0 aromatic heterocycles. The molecule has 0 spiro atoms.